The Balaban J connectivity index is 1.54. The van der Waals surface area contributed by atoms with Crippen LogP contribution in [0.25, 0.3) is 5.57 Å². The van der Waals surface area contributed by atoms with Crippen molar-refractivity contribution >= 4 is 27.5 Å². The van der Waals surface area contributed by atoms with Crippen LogP contribution in [0.2, 0.25) is 0 Å². The maximum Gasteiger partial charge on any atom is 0.342 e. The first-order valence-electron chi connectivity index (χ1n) is 7.77. The molecule has 0 saturated carbocycles. The number of hydrogen-bond acceptors (Lipinski definition) is 4. The molecule has 0 spiro atoms. The maximum atomic E-state index is 12.0. The molecule has 0 atom stereocenters. The van der Waals surface area contributed by atoms with Gasteiger partial charge in [0.2, 0.25) is 0 Å². The van der Waals surface area contributed by atoms with Gasteiger partial charge in [-0.15, -0.1) is 0 Å². The van der Waals surface area contributed by atoms with E-state index < -0.39 is 0 Å². The van der Waals surface area contributed by atoms with Gasteiger partial charge in [-0.1, -0.05) is 58.4 Å². The van der Waals surface area contributed by atoms with Crippen LogP contribution in [0.3, 0.4) is 0 Å². The van der Waals surface area contributed by atoms with Gasteiger partial charge < -0.3 is 14.8 Å². The minimum Gasteiger partial charge on any atom is -0.492 e. The summed E-state index contributed by atoms with van der Waals surface area (Å²) < 4.78 is 11.9. The Kier molecular flexibility index (Phi) is 5.67. The molecule has 0 radical (unpaired) electrons. The second-order valence-corrected chi connectivity index (χ2v) is 6.31. The minimum atomic E-state index is -0.329. The summed E-state index contributed by atoms with van der Waals surface area (Å²) in [6.45, 7) is 2.17. The fraction of sp³-hybridized carbons (Fsp3) is 0.211. The van der Waals surface area contributed by atoms with E-state index in [1.54, 1.807) is 0 Å². The number of cyclic esters (lactones) is 1. The molecule has 1 aliphatic heterocycles. The van der Waals surface area contributed by atoms with Crippen LogP contribution in [0.1, 0.15) is 11.1 Å². The third-order valence-electron chi connectivity index (χ3n) is 3.68. The van der Waals surface area contributed by atoms with Crippen molar-refractivity contribution in [3.05, 3.63) is 76.0 Å². The van der Waals surface area contributed by atoms with E-state index in [1.807, 2.05) is 42.5 Å². The van der Waals surface area contributed by atoms with E-state index in [1.165, 1.54) is 5.56 Å². The number of esters is 1. The Morgan fingerprint density at radius 1 is 1.08 bits per heavy atom. The normalized spacial score (nSPS) is 14.0. The number of benzene rings is 2. The van der Waals surface area contributed by atoms with Crippen molar-refractivity contribution < 1.29 is 14.3 Å². The predicted octanol–water partition coefficient (Wildman–Crippen LogP) is 3.52. The Labute approximate surface area is 149 Å². The highest BCUT2D eigenvalue weighted by Crippen LogP contribution is 2.27. The molecule has 0 aliphatic carbocycles. The molecule has 2 aromatic carbocycles. The SMILES string of the molecule is O=C1OCC(OCCNCc2ccccc2)=C1c1ccc(Br)cc1. The van der Waals surface area contributed by atoms with Crippen LogP contribution in [0.5, 0.6) is 0 Å². The van der Waals surface area contributed by atoms with Gasteiger partial charge >= 0.3 is 5.97 Å². The summed E-state index contributed by atoms with van der Waals surface area (Å²) in [7, 11) is 0. The zero-order valence-corrected chi connectivity index (χ0v) is 14.7. The summed E-state index contributed by atoms with van der Waals surface area (Å²) in [6.07, 6.45) is 0. The van der Waals surface area contributed by atoms with E-state index in [-0.39, 0.29) is 12.6 Å². The Bertz CT molecular complexity index is 726. The number of rotatable bonds is 7. The topological polar surface area (TPSA) is 47.6 Å². The fourth-order valence-corrected chi connectivity index (χ4v) is 2.74. The zero-order valence-electron chi connectivity index (χ0n) is 13.1. The van der Waals surface area contributed by atoms with Crippen LogP contribution in [0.4, 0.5) is 0 Å². The molecule has 4 nitrogen and oxygen atoms in total. The molecule has 124 valence electrons. The zero-order chi connectivity index (χ0) is 16.8. The lowest BCUT2D eigenvalue weighted by Gasteiger charge is -2.09. The van der Waals surface area contributed by atoms with Crippen molar-refractivity contribution in [2.45, 2.75) is 6.54 Å². The molecular formula is C19H18BrNO3. The molecule has 0 aromatic heterocycles. The Hall–Kier alpha value is -2.11. The van der Waals surface area contributed by atoms with Crippen LogP contribution < -0.4 is 5.32 Å². The summed E-state index contributed by atoms with van der Waals surface area (Å²) in [4.78, 5) is 12.0. The van der Waals surface area contributed by atoms with Crippen molar-refractivity contribution in [3.8, 4) is 0 Å². The van der Waals surface area contributed by atoms with Crippen molar-refractivity contribution in [3.63, 3.8) is 0 Å². The van der Waals surface area contributed by atoms with E-state index in [0.29, 0.717) is 24.5 Å². The van der Waals surface area contributed by atoms with Gasteiger partial charge in [-0.05, 0) is 23.3 Å². The average molecular weight is 388 g/mol. The molecule has 0 saturated heterocycles. The summed E-state index contributed by atoms with van der Waals surface area (Å²) in [5.41, 5.74) is 2.56. The van der Waals surface area contributed by atoms with Crippen LogP contribution in [-0.4, -0.2) is 25.7 Å². The largest absolute Gasteiger partial charge is 0.492 e. The monoisotopic (exact) mass is 387 g/mol. The number of carbonyl (C=O) groups is 1. The molecule has 0 amide bonds. The number of halogens is 1. The van der Waals surface area contributed by atoms with Crippen LogP contribution >= 0.6 is 15.9 Å². The Morgan fingerprint density at radius 2 is 1.83 bits per heavy atom. The number of carbonyl (C=O) groups excluding carboxylic acids is 1. The molecule has 5 heteroatoms. The first kappa shape index (κ1) is 16.7. The van der Waals surface area contributed by atoms with Crippen LogP contribution in [0.15, 0.2) is 64.8 Å². The average Bonchev–Trinajstić information content (AvgIpc) is 2.97. The first-order chi connectivity index (χ1) is 11.7. The first-order valence-corrected chi connectivity index (χ1v) is 8.57. The van der Waals surface area contributed by atoms with E-state index in [2.05, 4.69) is 33.4 Å². The molecule has 3 rings (SSSR count). The summed E-state index contributed by atoms with van der Waals surface area (Å²) >= 11 is 3.39. The van der Waals surface area contributed by atoms with Crippen molar-refractivity contribution in [2.75, 3.05) is 19.8 Å². The lowest BCUT2D eigenvalue weighted by molar-refractivity contribution is -0.134. The summed E-state index contributed by atoms with van der Waals surface area (Å²) in [6, 6.07) is 17.7. The van der Waals surface area contributed by atoms with Crippen molar-refractivity contribution in [1.29, 1.82) is 0 Å². The van der Waals surface area contributed by atoms with E-state index in [0.717, 1.165) is 16.6 Å². The molecule has 0 fully saturated rings. The second-order valence-electron chi connectivity index (χ2n) is 5.39. The van der Waals surface area contributed by atoms with Gasteiger partial charge in [0, 0.05) is 17.6 Å². The van der Waals surface area contributed by atoms with E-state index in [4.69, 9.17) is 9.47 Å². The number of ether oxygens (including phenoxy) is 2. The van der Waals surface area contributed by atoms with Gasteiger partial charge in [0.1, 0.15) is 24.5 Å². The highest BCUT2D eigenvalue weighted by Gasteiger charge is 2.27. The maximum absolute atomic E-state index is 12.0. The number of nitrogens with one attached hydrogen (secondary N) is 1. The third-order valence-corrected chi connectivity index (χ3v) is 4.21. The highest BCUT2D eigenvalue weighted by atomic mass is 79.9. The van der Waals surface area contributed by atoms with Crippen molar-refractivity contribution in [2.24, 2.45) is 0 Å². The summed E-state index contributed by atoms with van der Waals surface area (Å²) in [5.74, 6) is 0.272. The quantitative estimate of drug-likeness (QED) is 0.583. The van der Waals surface area contributed by atoms with Gasteiger partial charge in [0.05, 0.1) is 0 Å². The molecule has 24 heavy (non-hydrogen) atoms. The lowest BCUT2D eigenvalue weighted by atomic mass is 10.1. The fourth-order valence-electron chi connectivity index (χ4n) is 2.47. The minimum absolute atomic E-state index is 0.197. The molecular weight excluding hydrogens is 370 g/mol. The van der Waals surface area contributed by atoms with E-state index in [9.17, 15) is 4.79 Å². The van der Waals surface area contributed by atoms with Gasteiger partial charge in [-0.25, -0.2) is 4.79 Å². The van der Waals surface area contributed by atoms with Gasteiger partial charge in [-0.3, -0.25) is 0 Å². The lowest BCUT2D eigenvalue weighted by Crippen LogP contribution is -2.19. The van der Waals surface area contributed by atoms with E-state index >= 15 is 0 Å². The van der Waals surface area contributed by atoms with Gasteiger partial charge in [0.25, 0.3) is 0 Å². The highest BCUT2D eigenvalue weighted by molar-refractivity contribution is 9.10. The second kappa shape index (κ2) is 8.13. The molecule has 1 N–H and O–H groups in total. The van der Waals surface area contributed by atoms with Crippen molar-refractivity contribution in [1.82, 2.24) is 5.32 Å². The molecule has 1 heterocycles. The number of hydrogen-bond donors (Lipinski definition) is 1. The summed E-state index contributed by atoms with van der Waals surface area (Å²) in [5, 5.41) is 3.32. The van der Waals surface area contributed by atoms with Gasteiger partial charge in [-0.2, -0.15) is 0 Å². The molecule has 2 aromatic rings. The molecule has 0 unspecified atom stereocenters. The smallest absolute Gasteiger partial charge is 0.342 e. The van der Waals surface area contributed by atoms with Crippen LogP contribution in [0, 0.1) is 0 Å². The molecule has 0 bridgehead atoms. The van der Waals surface area contributed by atoms with Gasteiger partial charge in [0.15, 0.2) is 0 Å². The standard InChI is InChI=1S/C19H18BrNO3/c20-16-8-6-15(7-9-16)18-17(13-24-19(18)22)23-11-10-21-12-14-4-2-1-3-5-14/h1-9,21H,10-13H2. The third kappa shape index (κ3) is 4.24. The Morgan fingerprint density at radius 3 is 2.58 bits per heavy atom. The molecule has 1 aliphatic rings. The predicted molar refractivity (Wildman–Crippen MR) is 96.1 cm³/mol. The van der Waals surface area contributed by atoms with Crippen LogP contribution in [-0.2, 0) is 20.8 Å².